The smallest absolute Gasteiger partial charge is 0.219 e. The normalized spacial score (nSPS) is 27.9. The van der Waals surface area contributed by atoms with Gasteiger partial charge in [-0.05, 0) is 19.3 Å². The number of nitrogens with zero attached hydrogens (tertiary/aromatic N) is 1. The van der Waals surface area contributed by atoms with E-state index in [-0.39, 0.29) is 5.91 Å². The Morgan fingerprint density at radius 2 is 1.83 bits per heavy atom. The topological polar surface area (TPSA) is 20.3 Å². The van der Waals surface area contributed by atoms with Crippen LogP contribution >= 0.6 is 0 Å². The highest BCUT2D eigenvalue weighted by molar-refractivity contribution is 5.73. The molecule has 0 saturated carbocycles. The molecule has 0 aromatic heterocycles. The van der Waals surface area contributed by atoms with Crippen LogP contribution in [0.3, 0.4) is 0 Å². The fourth-order valence-corrected chi connectivity index (χ4v) is 1.54. The van der Waals surface area contributed by atoms with Crippen LogP contribution in [0, 0.1) is 5.92 Å². The van der Waals surface area contributed by atoms with Gasteiger partial charge in [-0.1, -0.05) is 20.8 Å². The first-order valence-electron chi connectivity index (χ1n) is 4.90. The molecule has 0 radical (unpaired) electrons. The van der Waals surface area contributed by atoms with E-state index in [4.69, 9.17) is 0 Å². The van der Waals surface area contributed by atoms with Gasteiger partial charge in [0.2, 0.25) is 5.91 Å². The largest absolute Gasteiger partial charge is 0.340 e. The lowest BCUT2D eigenvalue weighted by molar-refractivity contribution is -0.129. The van der Waals surface area contributed by atoms with Gasteiger partial charge in [-0.2, -0.15) is 0 Å². The Hall–Kier alpha value is -0.530. The molecule has 2 nitrogen and oxygen atoms in total. The van der Waals surface area contributed by atoms with Gasteiger partial charge in [-0.25, -0.2) is 0 Å². The molecule has 1 saturated heterocycles. The second kappa shape index (κ2) is 5.18. The Morgan fingerprint density at radius 3 is 2.00 bits per heavy atom. The van der Waals surface area contributed by atoms with Crippen molar-refractivity contribution in [2.24, 2.45) is 5.92 Å². The summed E-state index contributed by atoms with van der Waals surface area (Å²) in [7, 11) is 0. The summed E-state index contributed by atoms with van der Waals surface area (Å²) in [6.45, 7) is 10.9. The van der Waals surface area contributed by atoms with E-state index in [2.05, 4.69) is 13.8 Å². The fourth-order valence-electron chi connectivity index (χ4n) is 1.54. The van der Waals surface area contributed by atoms with Crippen LogP contribution in [0.2, 0.25) is 0 Å². The molecule has 0 bridgehead atoms. The molecule has 72 valence electrons. The van der Waals surface area contributed by atoms with Gasteiger partial charge in [-0.15, -0.1) is 0 Å². The maximum Gasteiger partial charge on any atom is 0.219 e. The Balaban J connectivity index is 0.000000561. The highest BCUT2D eigenvalue weighted by Crippen LogP contribution is 2.22. The van der Waals surface area contributed by atoms with Gasteiger partial charge in [0.05, 0.1) is 0 Å². The molecule has 12 heavy (non-hydrogen) atoms. The zero-order valence-electron chi connectivity index (χ0n) is 8.92. The number of likely N-dealkylation sites (tertiary alicyclic amines) is 1. The van der Waals surface area contributed by atoms with Crippen molar-refractivity contribution < 1.29 is 4.79 Å². The van der Waals surface area contributed by atoms with Crippen molar-refractivity contribution in [1.29, 1.82) is 0 Å². The number of carbonyl (C=O) groups excluding carboxylic acids is 1. The van der Waals surface area contributed by atoms with Gasteiger partial charge < -0.3 is 4.90 Å². The van der Waals surface area contributed by atoms with E-state index in [1.165, 1.54) is 6.42 Å². The molecule has 2 unspecified atom stereocenters. The standard InChI is InChI=1S/C8H15NO.C2H6/c1-6-4-5-9(7(6)2)8(3)10;1-2/h6-7H,4-5H2,1-3H3;1-2H3. The molecular formula is C10H21NO. The third-order valence-corrected chi connectivity index (χ3v) is 2.54. The highest BCUT2D eigenvalue weighted by Gasteiger charge is 2.28. The molecular weight excluding hydrogens is 150 g/mol. The van der Waals surface area contributed by atoms with E-state index in [1.807, 2.05) is 18.7 Å². The number of hydrogen-bond donors (Lipinski definition) is 0. The molecule has 1 amide bonds. The van der Waals surface area contributed by atoms with Crippen LogP contribution in [0.5, 0.6) is 0 Å². The van der Waals surface area contributed by atoms with Crippen LogP contribution in [0.1, 0.15) is 41.0 Å². The van der Waals surface area contributed by atoms with E-state index in [0.717, 1.165) is 6.54 Å². The highest BCUT2D eigenvalue weighted by atomic mass is 16.2. The molecule has 0 aliphatic carbocycles. The Morgan fingerprint density at radius 1 is 1.33 bits per heavy atom. The summed E-state index contributed by atoms with van der Waals surface area (Å²) in [5.74, 6) is 0.903. The Labute approximate surface area is 75.9 Å². The number of hydrogen-bond acceptors (Lipinski definition) is 1. The minimum atomic E-state index is 0.219. The SMILES string of the molecule is CC.CC(=O)N1CCC(C)C1C. The van der Waals surface area contributed by atoms with Gasteiger partial charge >= 0.3 is 0 Å². The first kappa shape index (κ1) is 11.5. The van der Waals surface area contributed by atoms with Gasteiger partial charge in [0.1, 0.15) is 0 Å². The van der Waals surface area contributed by atoms with Gasteiger partial charge in [0, 0.05) is 19.5 Å². The number of rotatable bonds is 0. The summed E-state index contributed by atoms with van der Waals surface area (Å²) in [5.41, 5.74) is 0. The van der Waals surface area contributed by atoms with Crippen molar-refractivity contribution >= 4 is 5.91 Å². The molecule has 1 aliphatic rings. The van der Waals surface area contributed by atoms with Crippen molar-refractivity contribution in [3.8, 4) is 0 Å². The van der Waals surface area contributed by atoms with Crippen LogP contribution in [0.15, 0.2) is 0 Å². The monoisotopic (exact) mass is 171 g/mol. The van der Waals surface area contributed by atoms with Crippen LogP contribution in [-0.4, -0.2) is 23.4 Å². The van der Waals surface area contributed by atoms with Gasteiger partial charge in [0.25, 0.3) is 0 Å². The lowest BCUT2D eigenvalue weighted by Gasteiger charge is -2.21. The maximum atomic E-state index is 10.9. The zero-order valence-corrected chi connectivity index (χ0v) is 8.92. The molecule has 1 heterocycles. The second-order valence-electron chi connectivity index (χ2n) is 3.22. The maximum absolute atomic E-state index is 10.9. The summed E-state index contributed by atoms with van der Waals surface area (Å²) in [5, 5.41) is 0. The van der Waals surface area contributed by atoms with Crippen LogP contribution in [0.4, 0.5) is 0 Å². The molecule has 0 aromatic rings. The summed E-state index contributed by atoms with van der Waals surface area (Å²) in [6, 6.07) is 0.456. The number of carbonyl (C=O) groups is 1. The predicted octanol–water partition coefficient (Wildman–Crippen LogP) is 2.29. The van der Waals surface area contributed by atoms with Crippen molar-refractivity contribution in [3.05, 3.63) is 0 Å². The van der Waals surface area contributed by atoms with Crippen molar-refractivity contribution in [2.75, 3.05) is 6.54 Å². The lowest BCUT2D eigenvalue weighted by atomic mass is 10.1. The van der Waals surface area contributed by atoms with E-state index >= 15 is 0 Å². The van der Waals surface area contributed by atoms with E-state index in [9.17, 15) is 4.79 Å². The molecule has 2 heteroatoms. The lowest BCUT2D eigenvalue weighted by Crippen LogP contribution is -2.33. The quantitative estimate of drug-likeness (QED) is 0.547. The van der Waals surface area contributed by atoms with Crippen LogP contribution in [-0.2, 0) is 4.79 Å². The van der Waals surface area contributed by atoms with E-state index in [1.54, 1.807) is 6.92 Å². The summed E-state index contributed by atoms with van der Waals surface area (Å²) < 4.78 is 0. The van der Waals surface area contributed by atoms with Crippen LogP contribution in [0.25, 0.3) is 0 Å². The molecule has 1 aliphatic heterocycles. The van der Waals surface area contributed by atoms with Gasteiger partial charge in [-0.3, -0.25) is 4.79 Å². The molecule has 1 fully saturated rings. The third kappa shape index (κ3) is 2.50. The van der Waals surface area contributed by atoms with Crippen LogP contribution < -0.4 is 0 Å². The fraction of sp³-hybridized carbons (Fsp3) is 0.900. The summed E-state index contributed by atoms with van der Waals surface area (Å²) >= 11 is 0. The Kier molecular flexibility index (Phi) is 4.95. The van der Waals surface area contributed by atoms with Gasteiger partial charge in [0.15, 0.2) is 0 Å². The third-order valence-electron chi connectivity index (χ3n) is 2.54. The minimum Gasteiger partial charge on any atom is -0.340 e. The summed E-state index contributed by atoms with van der Waals surface area (Å²) in [6.07, 6.45) is 1.17. The van der Waals surface area contributed by atoms with Crippen molar-refractivity contribution in [3.63, 3.8) is 0 Å². The average molecular weight is 171 g/mol. The first-order valence-corrected chi connectivity index (χ1v) is 4.90. The average Bonchev–Trinajstić information content (AvgIpc) is 2.37. The predicted molar refractivity (Wildman–Crippen MR) is 52.0 cm³/mol. The molecule has 1 rings (SSSR count). The Bertz CT molecular complexity index is 145. The zero-order chi connectivity index (χ0) is 9.72. The first-order chi connectivity index (χ1) is 5.63. The molecule has 0 N–H and O–H groups in total. The van der Waals surface area contributed by atoms with Crippen molar-refractivity contribution in [1.82, 2.24) is 4.90 Å². The summed E-state index contributed by atoms with van der Waals surface area (Å²) in [4.78, 5) is 12.9. The van der Waals surface area contributed by atoms with Crippen molar-refractivity contribution in [2.45, 2.75) is 47.1 Å². The molecule has 2 atom stereocenters. The number of amides is 1. The van der Waals surface area contributed by atoms with E-state index in [0.29, 0.717) is 12.0 Å². The minimum absolute atomic E-state index is 0.219. The second-order valence-corrected chi connectivity index (χ2v) is 3.22. The molecule has 0 aromatic carbocycles. The molecule has 0 spiro atoms. The van der Waals surface area contributed by atoms with E-state index < -0.39 is 0 Å².